The van der Waals surface area contributed by atoms with E-state index in [9.17, 15) is 0 Å². The van der Waals surface area contributed by atoms with Gasteiger partial charge in [0.25, 0.3) is 0 Å². The zero-order chi connectivity index (χ0) is 28.0. The molecule has 41 heavy (non-hydrogen) atoms. The Morgan fingerprint density at radius 3 is 1.44 bits per heavy atom. The van der Waals surface area contributed by atoms with Crippen molar-refractivity contribution >= 4 is 51.4 Å². The Morgan fingerprint density at radius 2 is 1.05 bits per heavy atom. The average molecular weight is 726 g/mol. The van der Waals surface area contributed by atoms with Crippen molar-refractivity contribution in [1.82, 2.24) is 0 Å². The Labute approximate surface area is 266 Å². The maximum absolute atomic E-state index is 3.90. The fraction of sp³-hybridized carbons (Fsp3) is 0.297. The third-order valence-corrected chi connectivity index (χ3v) is 40.1. The standard InChI is InChI=1S/2C15H17.C6H5.CH3.2ClH.GeH2.Zr/c2*1-4-13-6-5-7-14(10-13)15-9-11(2)8-12(15)3;1-2-4-6-5-3-1;;;;;/h2*5-7,9-11H,4H2,1-3H3;1-5H;1H3;2*1H;1H2;. The van der Waals surface area contributed by atoms with E-state index in [0.29, 0.717) is 11.8 Å². The van der Waals surface area contributed by atoms with Gasteiger partial charge in [-0.1, -0.05) is 0 Å². The minimum atomic E-state index is -3.90. The maximum atomic E-state index is 2.78. The van der Waals surface area contributed by atoms with Gasteiger partial charge >= 0.3 is 244 Å². The molecule has 2 atom stereocenters. The summed E-state index contributed by atoms with van der Waals surface area (Å²) < 4.78 is 7.99. The van der Waals surface area contributed by atoms with E-state index >= 15 is 0 Å². The summed E-state index contributed by atoms with van der Waals surface area (Å²) in [6.45, 7) is 14.3. The summed E-state index contributed by atoms with van der Waals surface area (Å²) in [6, 6.07) is 30.2. The summed E-state index contributed by atoms with van der Waals surface area (Å²) in [5, 5.41) is 0. The van der Waals surface area contributed by atoms with Crippen LogP contribution in [0.1, 0.15) is 63.8 Å². The van der Waals surface area contributed by atoms with E-state index in [4.69, 9.17) is 0 Å². The van der Waals surface area contributed by atoms with Gasteiger partial charge in [-0.05, 0) is 0 Å². The molecule has 0 saturated carbocycles. The van der Waals surface area contributed by atoms with Gasteiger partial charge in [-0.25, -0.2) is 0 Å². The summed E-state index contributed by atoms with van der Waals surface area (Å²) in [4.78, 5) is 0. The largest absolute Gasteiger partial charge is 0.147 e. The molecular formula is C37H46Cl2GeZr. The van der Waals surface area contributed by atoms with Crippen molar-refractivity contribution in [2.24, 2.45) is 11.8 Å². The van der Waals surface area contributed by atoms with Crippen molar-refractivity contribution < 1.29 is 15.7 Å². The summed E-state index contributed by atoms with van der Waals surface area (Å²) >= 11 is -2.56. The van der Waals surface area contributed by atoms with Crippen molar-refractivity contribution in [2.45, 2.75) is 59.0 Å². The van der Waals surface area contributed by atoms with Crippen molar-refractivity contribution in [3.05, 3.63) is 131 Å². The molecule has 0 amide bonds. The summed E-state index contributed by atoms with van der Waals surface area (Å²) in [6.07, 6.45) is 7.32. The first-order chi connectivity index (χ1) is 18.6. The number of hydrogen-bond donors (Lipinski definition) is 0. The Bertz CT molecular complexity index is 1540. The molecule has 0 spiro atoms. The van der Waals surface area contributed by atoms with Crippen LogP contribution in [-0.4, -0.2) is 12.1 Å². The summed E-state index contributed by atoms with van der Waals surface area (Å²) in [7, 11) is 0. The van der Waals surface area contributed by atoms with Crippen molar-refractivity contribution in [3.63, 3.8) is 0 Å². The molecule has 5 rings (SSSR count). The van der Waals surface area contributed by atoms with E-state index in [2.05, 4.69) is 137 Å². The predicted octanol–water partition coefficient (Wildman–Crippen LogP) is 9.58. The van der Waals surface area contributed by atoms with Crippen LogP contribution in [0.5, 0.6) is 0 Å². The first-order valence-corrected chi connectivity index (χ1v) is 31.4. The van der Waals surface area contributed by atoms with Gasteiger partial charge < -0.3 is 0 Å². The molecule has 0 fully saturated rings. The number of halogens is 2. The smallest absolute Gasteiger partial charge is 0.147 e. The van der Waals surface area contributed by atoms with E-state index in [1.807, 2.05) is 0 Å². The number of allylic oxidation sites excluding steroid dienone is 8. The van der Waals surface area contributed by atoms with Crippen LogP contribution in [0.15, 0.2) is 109 Å². The molecule has 2 aliphatic rings. The minimum absolute atomic E-state index is 0. The van der Waals surface area contributed by atoms with Gasteiger partial charge in [0, 0.05) is 0 Å². The van der Waals surface area contributed by atoms with Gasteiger partial charge in [0.15, 0.2) is 0 Å². The summed E-state index contributed by atoms with van der Waals surface area (Å²) in [5.74, 6) is 0.907. The molecule has 0 aliphatic heterocycles. The molecule has 0 saturated heterocycles. The second-order valence-corrected chi connectivity index (χ2v) is 48.2. The molecule has 216 valence electrons. The second kappa shape index (κ2) is 13.1. The Balaban J connectivity index is 0.00000231. The Morgan fingerprint density at radius 1 is 0.634 bits per heavy atom. The van der Waals surface area contributed by atoms with Gasteiger partial charge in [-0.15, -0.1) is 24.8 Å². The molecule has 0 radical (unpaired) electrons. The average Bonchev–Trinajstić information content (AvgIpc) is 3.44. The molecule has 0 bridgehead atoms. The Kier molecular flexibility index (Phi) is 10.9. The fourth-order valence-electron chi connectivity index (χ4n) is 8.03. The Hall–Kier alpha value is -1.37. The third-order valence-electron chi connectivity index (χ3n) is 9.67. The first kappa shape index (κ1) is 34.1. The van der Waals surface area contributed by atoms with Crippen LogP contribution in [0.4, 0.5) is 0 Å². The molecule has 0 N–H and O–H groups in total. The quantitative estimate of drug-likeness (QED) is 0.213. The SMILES string of the molecule is CCc1cccc(C2=CC(C)[C]([Zr]([CH3])(=[GeH2])([C]3=C(C)C(c4cccc(CC)c4)=CC3C)[c]3ccccc3)=C2C)c1.Cl.Cl. The van der Waals surface area contributed by atoms with E-state index in [1.165, 1.54) is 45.5 Å². The van der Waals surface area contributed by atoms with E-state index < -0.39 is 15.7 Å². The van der Waals surface area contributed by atoms with Crippen molar-refractivity contribution in [2.75, 3.05) is 0 Å². The predicted molar refractivity (Wildman–Crippen MR) is 186 cm³/mol. The first-order valence-electron chi connectivity index (χ1n) is 14.8. The third kappa shape index (κ3) is 5.79. The van der Waals surface area contributed by atoms with Gasteiger partial charge in [-0.3, -0.25) is 0 Å². The van der Waals surface area contributed by atoms with Gasteiger partial charge in [0.05, 0.1) is 0 Å². The number of rotatable bonds is 7. The van der Waals surface area contributed by atoms with Crippen LogP contribution in [0.25, 0.3) is 11.1 Å². The van der Waals surface area contributed by atoms with Crippen LogP contribution < -0.4 is 3.27 Å². The normalized spacial score (nSPS) is 19.0. The van der Waals surface area contributed by atoms with E-state index in [0.717, 1.165) is 12.8 Å². The molecule has 2 aliphatic carbocycles. The number of benzene rings is 3. The van der Waals surface area contributed by atoms with Gasteiger partial charge in [0.2, 0.25) is 0 Å². The van der Waals surface area contributed by atoms with Crippen LogP contribution >= 0.6 is 24.8 Å². The molecule has 0 aromatic heterocycles. The minimum Gasteiger partial charge on any atom is -0.147 e. The van der Waals surface area contributed by atoms with Crippen LogP contribution in [0.2, 0.25) is 4.63 Å². The summed E-state index contributed by atoms with van der Waals surface area (Å²) in [5.41, 5.74) is 11.6. The van der Waals surface area contributed by atoms with Gasteiger partial charge in [0.1, 0.15) is 0 Å². The molecule has 0 nitrogen and oxygen atoms in total. The van der Waals surface area contributed by atoms with Crippen LogP contribution in [0, 0.1) is 11.8 Å². The molecule has 2 unspecified atom stereocenters. The van der Waals surface area contributed by atoms with E-state index in [-0.39, 0.29) is 24.8 Å². The topological polar surface area (TPSA) is 0 Å². The van der Waals surface area contributed by atoms with E-state index in [1.54, 1.807) is 21.0 Å². The zero-order valence-corrected chi connectivity index (χ0v) is 32.8. The zero-order valence-electron chi connectivity index (χ0n) is 25.8. The number of hydrogen-bond acceptors (Lipinski definition) is 0. The molecule has 4 heteroatoms. The fourth-order valence-corrected chi connectivity index (χ4v) is 42.6. The van der Waals surface area contributed by atoms with Crippen molar-refractivity contribution in [1.29, 1.82) is 0 Å². The molecule has 3 aromatic carbocycles. The molecular weight excluding hydrogens is 679 g/mol. The molecule has 3 aromatic rings. The monoisotopic (exact) mass is 724 g/mol. The number of aryl methyl sites for hydroxylation is 2. The van der Waals surface area contributed by atoms with Crippen LogP contribution in [-0.2, 0) is 28.5 Å². The van der Waals surface area contributed by atoms with Gasteiger partial charge in [-0.2, -0.15) is 0 Å². The van der Waals surface area contributed by atoms with Crippen molar-refractivity contribution in [3.8, 4) is 0 Å². The maximum Gasteiger partial charge on any atom is -0.147 e. The molecule has 0 heterocycles. The second-order valence-electron chi connectivity index (χ2n) is 12.3. The van der Waals surface area contributed by atoms with Crippen LogP contribution in [0.3, 0.4) is 0 Å².